The Balaban J connectivity index is 1.23. The molecule has 1 unspecified atom stereocenters. The average Bonchev–Trinajstić information content (AvgIpc) is 3.22. The van der Waals surface area contributed by atoms with Crippen molar-refractivity contribution in [1.29, 1.82) is 0 Å². The van der Waals surface area contributed by atoms with E-state index < -0.39 is 17.5 Å². The number of amides is 2. The van der Waals surface area contributed by atoms with Crippen molar-refractivity contribution in [3.8, 4) is 0 Å². The van der Waals surface area contributed by atoms with Gasteiger partial charge in [0, 0.05) is 58.1 Å². The molecule has 0 aliphatic carbocycles. The summed E-state index contributed by atoms with van der Waals surface area (Å²) < 4.78 is 22.1. The number of hydrogen-bond acceptors (Lipinski definition) is 8. The highest BCUT2D eigenvalue weighted by atomic mass is 19.1. The quantitative estimate of drug-likeness (QED) is 0.565. The summed E-state index contributed by atoms with van der Waals surface area (Å²) in [7, 11) is 1.83. The number of nitrogens with zero attached hydrogens (tertiary/aromatic N) is 5. The molecule has 0 bridgehead atoms. The van der Waals surface area contributed by atoms with E-state index in [9.17, 15) is 14.0 Å². The Labute approximate surface area is 220 Å². The molecule has 0 aromatic carbocycles. The Hall–Kier alpha value is -4.09. The van der Waals surface area contributed by atoms with Crippen molar-refractivity contribution in [3.63, 3.8) is 0 Å². The molecular weight excluding hydrogens is 491 g/mol. The van der Waals surface area contributed by atoms with E-state index >= 15 is 0 Å². The zero-order valence-electron chi connectivity index (χ0n) is 22.0. The van der Waals surface area contributed by atoms with Crippen LogP contribution in [0, 0.1) is 0 Å². The van der Waals surface area contributed by atoms with Gasteiger partial charge in [0.1, 0.15) is 23.3 Å². The number of aliphatic imine (C=N–C) groups is 1. The monoisotopic (exact) mass is 524 g/mol. The number of halogens is 1. The number of guanidine groups is 1. The van der Waals surface area contributed by atoms with Crippen LogP contribution in [-0.2, 0) is 18.2 Å². The fourth-order valence-electron chi connectivity index (χ4n) is 4.78. The first-order chi connectivity index (χ1) is 18.1. The third-order valence-corrected chi connectivity index (χ3v) is 6.72. The molecule has 2 aromatic heterocycles. The van der Waals surface area contributed by atoms with Gasteiger partial charge < -0.3 is 35.1 Å². The van der Waals surface area contributed by atoms with E-state index in [1.54, 1.807) is 17.2 Å². The van der Waals surface area contributed by atoms with Gasteiger partial charge in [-0.25, -0.2) is 19.2 Å². The van der Waals surface area contributed by atoms with E-state index in [-0.39, 0.29) is 12.0 Å². The second-order valence-corrected chi connectivity index (χ2v) is 10.5. The first kappa shape index (κ1) is 25.6. The number of carbonyl (C=O) groups is 2. The van der Waals surface area contributed by atoms with Crippen LogP contribution in [-0.4, -0.2) is 70.7 Å². The molecular formula is C26H33FN8O3. The lowest BCUT2D eigenvalue weighted by Crippen LogP contribution is -2.50. The summed E-state index contributed by atoms with van der Waals surface area (Å²) in [5, 5.41) is 8.76. The van der Waals surface area contributed by atoms with Gasteiger partial charge in [0.15, 0.2) is 0 Å². The molecule has 1 fully saturated rings. The topological polar surface area (TPSA) is 116 Å². The van der Waals surface area contributed by atoms with Gasteiger partial charge in [-0.05, 0) is 39.0 Å². The molecule has 3 N–H and O–H groups in total. The normalized spacial score (nSPS) is 19.6. The first-order valence-corrected chi connectivity index (χ1v) is 12.7. The molecule has 5 heterocycles. The van der Waals surface area contributed by atoms with Gasteiger partial charge in [-0.1, -0.05) is 0 Å². The molecule has 0 radical (unpaired) electrons. The van der Waals surface area contributed by atoms with Crippen LogP contribution in [0.3, 0.4) is 0 Å². The van der Waals surface area contributed by atoms with Crippen LogP contribution in [0.4, 0.5) is 20.7 Å². The van der Waals surface area contributed by atoms with Crippen molar-refractivity contribution in [2.45, 2.75) is 38.8 Å². The van der Waals surface area contributed by atoms with Crippen molar-refractivity contribution in [2.75, 3.05) is 42.9 Å². The highest BCUT2D eigenvalue weighted by Crippen LogP contribution is 2.32. The van der Waals surface area contributed by atoms with Crippen molar-refractivity contribution in [2.24, 2.45) is 12.0 Å². The fourth-order valence-corrected chi connectivity index (χ4v) is 4.78. The largest absolute Gasteiger partial charge is 0.444 e. The second-order valence-electron chi connectivity index (χ2n) is 10.5. The summed E-state index contributed by atoms with van der Waals surface area (Å²) in [5.41, 5.74) is 2.47. The van der Waals surface area contributed by atoms with Crippen LogP contribution in [0.1, 0.15) is 48.6 Å². The van der Waals surface area contributed by atoms with E-state index in [1.807, 2.05) is 44.5 Å². The van der Waals surface area contributed by atoms with Crippen molar-refractivity contribution < 1.29 is 18.7 Å². The number of aromatic nitrogens is 2. The zero-order chi connectivity index (χ0) is 27.0. The van der Waals surface area contributed by atoms with Crippen LogP contribution in [0.5, 0.6) is 0 Å². The lowest BCUT2D eigenvalue weighted by atomic mass is 10.1. The average molecular weight is 525 g/mol. The van der Waals surface area contributed by atoms with Crippen LogP contribution < -0.4 is 20.9 Å². The standard InChI is InChI=1S/C26H33FN8O3/c1-26(2,3)38-25(37)35-11-9-34(10-12-35)16-5-6-21(29-14-16)31-24-30-15-18(27)22(32-24)20-13-17-19(33(20)4)7-8-28-23(17)36/h5-6,13-15,22H,7-12H2,1-4H3,(H,28,36)(H2,29,30,31,32). The van der Waals surface area contributed by atoms with E-state index in [1.165, 1.54) is 6.20 Å². The number of fused-ring (bicyclic) bond motifs is 1. The molecule has 3 aliphatic heterocycles. The summed E-state index contributed by atoms with van der Waals surface area (Å²) in [6, 6.07) is 4.61. The summed E-state index contributed by atoms with van der Waals surface area (Å²) in [6.45, 7) is 8.62. The van der Waals surface area contributed by atoms with E-state index in [2.05, 4.69) is 30.8 Å². The predicted octanol–water partition coefficient (Wildman–Crippen LogP) is 2.69. The van der Waals surface area contributed by atoms with Gasteiger partial charge in [-0.3, -0.25) is 4.79 Å². The van der Waals surface area contributed by atoms with Gasteiger partial charge in [-0.15, -0.1) is 0 Å². The molecule has 1 saturated heterocycles. The lowest BCUT2D eigenvalue weighted by Gasteiger charge is -2.36. The first-order valence-electron chi connectivity index (χ1n) is 12.7. The molecule has 38 heavy (non-hydrogen) atoms. The van der Waals surface area contributed by atoms with Crippen molar-refractivity contribution in [3.05, 3.63) is 53.4 Å². The Kier molecular flexibility index (Phi) is 6.72. The van der Waals surface area contributed by atoms with E-state index in [0.717, 1.165) is 11.4 Å². The van der Waals surface area contributed by atoms with Crippen molar-refractivity contribution >= 4 is 29.5 Å². The summed E-state index contributed by atoms with van der Waals surface area (Å²) in [4.78, 5) is 37.4. The number of pyridine rings is 1. The molecule has 2 aromatic rings. The summed E-state index contributed by atoms with van der Waals surface area (Å²) in [6.07, 6.45) is 3.42. The highest BCUT2D eigenvalue weighted by molar-refractivity contribution is 5.97. The van der Waals surface area contributed by atoms with Crippen LogP contribution in [0.15, 0.2) is 41.4 Å². The maximum Gasteiger partial charge on any atom is 0.410 e. The van der Waals surface area contributed by atoms with Gasteiger partial charge in [0.2, 0.25) is 5.96 Å². The maximum absolute atomic E-state index is 14.8. The minimum Gasteiger partial charge on any atom is -0.444 e. The molecule has 12 heteroatoms. The van der Waals surface area contributed by atoms with E-state index in [0.29, 0.717) is 62.2 Å². The second kappa shape index (κ2) is 9.99. The number of piperazine rings is 1. The zero-order valence-corrected chi connectivity index (χ0v) is 22.0. The van der Waals surface area contributed by atoms with Gasteiger partial charge in [0.05, 0.1) is 23.1 Å². The smallest absolute Gasteiger partial charge is 0.410 e. The number of nitrogens with one attached hydrogen (secondary N) is 3. The SMILES string of the molecule is Cn1c(C2N=C(Nc3ccc(N4CCN(C(=O)OC(C)(C)C)CC4)cn3)NC=C2F)cc2c1CCNC2=O. The Morgan fingerprint density at radius 2 is 1.97 bits per heavy atom. The Morgan fingerprint density at radius 3 is 2.63 bits per heavy atom. The number of ether oxygens (including phenoxy) is 1. The van der Waals surface area contributed by atoms with Crippen LogP contribution in [0.2, 0.25) is 0 Å². The third-order valence-electron chi connectivity index (χ3n) is 6.72. The van der Waals surface area contributed by atoms with Crippen molar-refractivity contribution in [1.82, 2.24) is 25.1 Å². The van der Waals surface area contributed by atoms with Crippen LogP contribution >= 0.6 is 0 Å². The lowest BCUT2D eigenvalue weighted by molar-refractivity contribution is 0.0240. The fraction of sp³-hybridized carbons (Fsp3) is 0.462. The predicted molar refractivity (Wildman–Crippen MR) is 142 cm³/mol. The van der Waals surface area contributed by atoms with Gasteiger partial charge in [-0.2, -0.15) is 0 Å². The molecule has 2 amide bonds. The van der Waals surface area contributed by atoms with Gasteiger partial charge in [0.25, 0.3) is 5.91 Å². The Bertz CT molecular complexity index is 1290. The number of carbonyl (C=O) groups excluding carboxylic acids is 2. The number of anilines is 2. The number of hydrogen-bond donors (Lipinski definition) is 3. The minimum atomic E-state index is -0.873. The molecule has 0 spiro atoms. The molecule has 0 saturated carbocycles. The summed E-state index contributed by atoms with van der Waals surface area (Å²) in [5.74, 6) is 0.311. The van der Waals surface area contributed by atoms with Gasteiger partial charge >= 0.3 is 6.09 Å². The molecule has 5 rings (SSSR count). The number of rotatable bonds is 3. The van der Waals surface area contributed by atoms with E-state index in [4.69, 9.17) is 4.74 Å². The summed E-state index contributed by atoms with van der Waals surface area (Å²) >= 11 is 0. The molecule has 202 valence electrons. The third kappa shape index (κ3) is 5.29. The highest BCUT2D eigenvalue weighted by Gasteiger charge is 2.30. The minimum absolute atomic E-state index is 0.149. The molecule has 11 nitrogen and oxygen atoms in total. The molecule has 1 atom stereocenters. The molecule has 3 aliphatic rings. The maximum atomic E-state index is 14.8. The Morgan fingerprint density at radius 1 is 1.21 bits per heavy atom. The van der Waals surface area contributed by atoms with Crippen LogP contribution in [0.25, 0.3) is 0 Å².